The molecule has 0 bridgehead atoms. The standard InChI is InChI=1S/C25H24FNO4/c1-15(30-13-16-6-7-16)22-18(10-11-21(23(22)26)31-14-17-8-9-17)12-27-24(28)19-4-2-3-5-20(19)25(27)29/h2-5,10-11,16-17H,1,6-9,12-14H2. The van der Waals surface area contributed by atoms with Crippen LogP contribution in [-0.2, 0) is 11.3 Å². The third-order valence-corrected chi connectivity index (χ3v) is 6.04. The SMILES string of the molecule is C=C(OCC1CC1)c1c(CN2C(=O)c3ccccc3C2=O)ccc(OCC2CC2)c1F. The predicted molar refractivity (Wildman–Crippen MR) is 113 cm³/mol. The van der Waals surface area contributed by atoms with Gasteiger partial charge in [-0.3, -0.25) is 14.5 Å². The van der Waals surface area contributed by atoms with Gasteiger partial charge in [0.2, 0.25) is 0 Å². The lowest BCUT2D eigenvalue weighted by Crippen LogP contribution is -2.29. The van der Waals surface area contributed by atoms with Crippen LogP contribution in [0, 0.1) is 17.7 Å². The largest absolute Gasteiger partial charge is 0.493 e. The summed E-state index contributed by atoms with van der Waals surface area (Å²) >= 11 is 0. The van der Waals surface area contributed by atoms with Gasteiger partial charge in [0.05, 0.1) is 36.4 Å². The molecule has 2 aromatic carbocycles. The van der Waals surface area contributed by atoms with E-state index in [2.05, 4.69) is 6.58 Å². The minimum absolute atomic E-state index is 0.0622. The number of fused-ring (bicyclic) bond motifs is 1. The lowest BCUT2D eigenvalue weighted by atomic mass is 10.0. The first-order valence-electron chi connectivity index (χ1n) is 10.7. The highest BCUT2D eigenvalue weighted by atomic mass is 19.1. The van der Waals surface area contributed by atoms with E-state index in [0.29, 0.717) is 41.7 Å². The Bertz CT molecular complexity index is 1040. The normalized spacial score (nSPS) is 17.6. The van der Waals surface area contributed by atoms with Gasteiger partial charge < -0.3 is 9.47 Å². The van der Waals surface area contributed by atoms with Gasteiger partial charge in [-0.25, -0.2) is 4.39 Å². The second kappa shape index (κ2) is 7.84. The molecule has 2 amide bonds. The fraction of sp³-hybridized carbons (Fsp3) is 0.360. The van der Waals surface area contributed by atoms with Crippen molar-refractivity contribution in [3.8, 4) is 5.75 Å². The van der Waals surface area contributed by atoms with Gasteiger partial charge in [0, 0.05) is 0 Å². The van der Waals surface area contributed by atoms with E-state index in [1.54, 1.807) is 36.4 Å². The van der Waals surface area contributed by atoms with Crippen LogP contribution >= 0.6 is 0 Å². The van der Waals surface area contributed by atoms with Crippen LogP contribution in [0.15, 0.2) is 43.0 Å². The van der Waals surface area contributed by atoms with Crippen molar-refractivity contribution < 1.29 is 23.5 Å². The molecule has 5 rings (SSSR count). The van der Waals surface area contributed by atoms with Crippen LogP contribution in [0.2, 0.25) is 0 Å². The molecule has 2 aromatic rings. The third-order valence-electron chi connectivity index (χ3n) is 6.04. The summed E-state index contributed by atoms with van der Waals surface area (Å²) in [6.45, 7) is 4.84. The Morgan fingerprint density at radius 2 is 1.58 bits per heavy atom. The molecule has 3 aliphatic rings. The smallest absolute Gasteiger partial charge is 0.261 e. The Labute approximate surface area is 180 Å². The summed E-state index contributed by atoms with van der Waals surface area (Å²) in [6, 6.07) is 9.95. The van der Waals surface area contributed by atoms with Crippen LogP contribution in [0.25, 0.3) is 5.76 Å². The van der Waals surface area contributed by atoms with Gasteiger partial charge in [-0.1, -0.05) is 24.8 Å². The van der Waals surface area contributed by atoms with E-state index in [1.165, 1.54) is 0 Å². The fourth-order valence-corrected chi connectivity index (χ4v) is 3.76. The second-order valence-electron chi connectivity index (χ2n) is 8.59. The van der Waals surface area contributed by atoms with Crippen LogP contribution in [0.5, 0.6) is 5.75 Å². The van der Waals surface area contributed by atoms with Gasteiger partial charge in [0.15, 0.2) is 11.6 Å². The number of amides is 2. The van der Waals surface area contributed by atoms with Gasteiger partial charge in [-0.15, -0.1) is 0 Å². The fourth-order valence-electron chi connectivity index (χ4n) is 3.76. The summed E-state index contributed by atoms with van der Waals surface area (Å²) in [7, 11) is 0. The first-order valence-corrected chi connectivity index (χ1v) is 10.7. The van der Waals surface area contributed by atoms with Gasteiger partial charge in [0.1, 0.15) is 5.76 Å². The summed E-state index contributed by atoms with van der Waals surface area (Å²) in [5.74, 6) is -0.0207. The lowest BCUT2D eigenvalue weighted by Gasteiger charge is -2.20. The monoisotopic (exact) mass is 421 g/mol. The second-order valence-corrected chi connectivity index (χ2v) is 8.59. The first kappa shape index (κ1) is 19.8. The number of imide groups is 1. The van der Waals surface area contributed by atoms with E-state index in [4.69, 9.17) is 9.47 Å². The summed E-state index contributed by atoms with van der Waals surface area (Å²) in [5, 5.41) is 0. The molecule has 0 radical (unpaired) electrons. The van der Waals surface area contributed by atoms with Gasteiger partial charge in [-0.2, -0.15) is 0 Å². The predicted octanol–water partition coefficient (Wildman–Crippen LogP) is 4.81. The van der Waals surface area contributed by atoms with Crippen LogP contribution in [0.4, 0.5) is 4.39 Å². The van der Waals surface area contributed by atoms with Crippen molar-refractivity contribution in [3.63, 3.8) is 0 Å². The molecule has 6 heteroatoms. The Kier molecular flexibility index (Phi) is 5.00. The molecule has 0 spiro atoms. The highest BCUT2D eigenvalue weighted by Gasteiger charge is 2.36. The number of carbonyl (C=O) groups excluding carboxylic acids is 2. The van der Waals surface area contributed by atoms with Crippen LogP contribution in [0.3, 0.4) is 0 Å². The molecule has 0 unspecified atom stereocenters. The van der Waals surface area contributed by atoms with E-state index in [9.17, 15) is 9.59 Å². The molecule has 5 nitrogen and oxygen atoms in total. The van der Waals surface area contributed by atoms with E-state index in [0.717, 1.165) is 30.6 Å². The zero-order chi connectivity index (χ0) is 21.5. The molecule has 2 aliphatic carbocycles. The maximum atomic E-state index is 15.5. The van der Waals surface area contributed by atoms with E-state index in [1.807, 2.05) is 0 Å². The first-order chi connectivity index (χ1) is 15.0. The highest BCUT2D eigenvalue weighted by molar-refractivity contribution is 6.21. The summed E-state index contributed by atoms with van der Waals surface area (Å²) in [5.41, 5.74) is 1.36. The van der Waals surface area contributed by atoms with Crippen molar-refractivity contribution in [3.05, 3.63) is 71.0 Å². The van der Waals surface area contributed by atoms with Crippen molar-refractivity contribution in [2.45, 2.75) is 32.2 Å². The van der Waals surface area contributed by atoms with E-state index in [-0.39, 0.29) is 35.4 Å². The molecule has 2 fully saturated rings. The topological polar surface area (TPSA) is 55.8 Å². The number of hydrogen-bond donors (Lipinski definition) is 0. The molecular formula is C25H24FNO4. The van der Waals surface area contributed by atoms with Gasteiger partial charge in [-0.05, 0) is 61.3 Å². The number of carbonyl (C=O) groups is 2. The number of halogens is 1. The minimum Gasteiger partial charge on any atom is -0.493 e. The van der Waals surface area contributed by atoms with Crippen molar-refractivity contribution in [2.24, 2.45) is 11.8 Å². The van der Waals surface area contributed by atoms with Gasteiger partial charge >= 0.3 is 0 Å². The van der Waals surface area contributed by atoms with E-state index >= 15 is 4.39 Å². The quantitative estimate of drug-likeness (QED) is 0.431. The lowest BCUT2D eigenvalue weighted by molar-refractivity contribution is 0.0641. The number of ether oxygens (including phenoxy) is 2. The van der Waals surface area contributed by atoms with Crippen molar-refractivity contribution in [2.75, 3.05) is 13.2 Å². The Balaban J connectivity index is 1.43. The maximum absolute atomic E-state index is 15.5. The summed E-state index contributed by atoms with van der Waals surface area (Å²) in [4.78, 5) is 26.7. The average molecular weight is 421 g/mol. The molecule has 160 valence electrons. The number of benzene rings is 2. The number of nitrogens with zero attached hydrogens (tertiary/aromatic N) is 1. The van der Waals surface area contributed by atoms with Crippen molar-refractivity contribution in [1.29, 1.82) is 0 Å². The molecule has 2 saturated carbocycles. The molecule has 0 aromatic heterocycles. The summed E-state index contributed by atoms with van der Waals surface area (Å²) < 4.78 is 26.9. The summed E-state index contributed by atoms with van der Waals surface area (Å²) in [6.07, 6.45) is 4.40. The molecular weight excluding hydrogens is 397 g/mol. The maximum Gasteiger partial charge on any atom is 0.261 e. The molecule has 0 N–H and O–H groups in total. The molecule has 31 heavy (non-hydrogen) atoms. The van der Waals surface area contributed by atoms with Crippen LogP contribution in [0.1, 0.15) is 57.5 Å². The Hall–Kier alpha value is -3.15. The molecule has 0 atom stereocenters. The van der Waals surface area contributed by atoms with Crippen molar-refractivity contribution in [1.82, 2.24) is 4.90 Å². The zero-order valence-electron chi connectivity index (χ0n) is 17.2. The molecule has 1 aliphatic heterocycles. The zero-order valence-corrected chi connectivity index (χ0v) is 17.2. The number of rotatable bonds is 9. The van der Waals surface area contributed by atoms with Gasteiger partial charge in [0.25, 0.3) is 11.8 Å². The third kappa shape index (κ3) is 3.94. The molecule has 1 heterocycles. The Morgan fingerprint density at radius 1 is 0.968 bits per heavy atom. The average Bonchev–Trinajstić information content (AvgIpc) is 3.69. The molecule has 0 saturated heterocycles. The minimum atomic E-state index is -0.560. The van der Waals surface area contributed by atoms with Crippen LogP contribution in [-0.4, -0.2) is 29.9 Å². The number of hydrogen-bond acceptors (Lipinski definition) is 4. The Morgan fingerprint density at radius 3 is 2.19 bits per heavy atom. The highest BCUT2D eigenvalue weighted by Crippen LogP contribution is 2.36. The van der Waals surface area contributed by atoms with Crippen LogP contribution < -0.4 is 4.74 Å². The van der Waals surface area contributed by atoms with E-state index < -0.39 is 5.82 Å². The van der Waals surface area contributed by atoms with Crippen molar-refractivity contribution >= 4 is 17.6 Å².